The van der Waals surface area contributed by atoms with E-state index in [4.69, 9.17) is 10.5 Å². The Bertz CT molecular complexity index is 402. The Hall–Kier alpha value is -1.03. The van der Waals surface area contributed by atoms with Gasteiger partial charge in [0.1, 0.15) is 0 Å². The van der Waals surface area contributed by atoms with E-state index in [-0.39, 0.29) is 6.04 Å². The number of ether oxygens (including phenoxy) is 1. The Morgan fingerprint density at radius 2 is 2.21 bits per heavy atom. The van der Waals surface area contributed by atoms with Crippen molar-refractivity contribution in [3.8, 4) is 5.75 Å². The van der Waals surface area contributed by atoms with E-state index in [1.54, 1.807) is 7.11 Å². The first-order chi connectivity index (χ1) is 9.21. The van der Waals surface area contributed by atoms with Gasteiger partial charge in [-0.1, -0.05) is 20.3 Å². The SMILES string of the molecule is CCCn1ncc(OC)c1C1CC(CC)CCC1N. The maximum Gasteiger partial charge on any atom is 0.160 e. The monoisotopic (exact) mass is 265 g/mol. The Morgan fingerprint density at radius 1 is 1.42 bits per heavy atom. The Morgan fingerprint density at radius 3 is 2.84 bits per heavy atom. The van der Waals surface area contributed by atoms with Crippen LogP contribution in [0.5, 0.6) is 5.75 Å². The summed E-state index contributed by atoms with van der Waals surface area (Å²) in [5.41, 5.74) is 7.60. The molecule has 0 bridgehead atoms. The summed E-state index contributed by atoms with van der Waals surface area (Å²) in [5, 5.41) is 4.47. The first-order valence-electron chi connectivity index (χ1n) is 7.56. The lowest BCUT2D eigenvalue weighted by molar-refractivity contribution is 0.266. The van der Waals surface area contributed by atoms with Crippen LogP contribution in [0.1, 0.15) is 57.6 Å². The molecule has 1 saturated carbocycles. The van der Waals surface area contributed by atoms with E-state index in [2.05, 4.69) is 23.6 Å². The van der Waals surface area contributed by atoms with Crippen LogP contribution in [-0.2, 0) is 6.54 Å². The van der Waals surface area contributed by atoms with Crippen LogP contribution in [-0.4, -0.2) is 22.9 Å². The molecule has 1 aromatic rings. The minimum atomic E-state index is 0.240. The molecule has 0 spiro atoms. The van der Waals surface area contributed by atoms with E-state index in [1.807, 2.05) is 6.20 Å². The minimum absolute atomic E-state index is 0.240. The number of methoxy groups -OCH3 is 1. The predicted octanol–water partition coefficient (Wildman–Crippen LogP) is 2.92. The first-order valence-corrected chi connectivity index (χ1v) is 7.56. The highest BCUT2D eigenvalue weighted by molar-refractivity contribution is 5.30. The van der Waals surface area contributed by atoms with Gasteiger partial charge >= 0.3 is 0 Å². The van der Waals surface area contributed by atoms with Crippen LogP contribution in [0, 0.1) is 5.92 Å². The van der Waals surface area contributed by atoms with Gasteiger partial charge in [-0.2, -0.15) is 5.10 Å². The van der Waals surface area contributed by atoms with E-state index in [0.717, 1.165) is 31.1 Å². The zero-order valence-electron chi connectivity index (χ0n) is 12.4. The molecule has 3 unspecified atom stereocenters. The molecule has 3 atom stereocenters. The number of nitrogens with two attached hydrogens (primary N) is 1. The molecular weight excluding hydrogens is 238 g/mol. The van der Waals surface area contributed by atoms with Crippen LogP contribution in [0.4, 0.5) is 0 Å². The van der Waals surface area contributed by atoms with Crippen LogP contribution in [0.15, 0.2) is 6.20 Å². The van der Waals surface area contributed by atoms with Gasteiger partial charge in [0.15, 0.2) is 5.75 Å². The van der Waals surface area contributed by atoms with Crippen LogP contribution < -0.4 is 10.5 Å². The van der Waals surface area contributed by atoms with Crippen molar-refractivity contribution in [2.24, 2.45) is 11.7 Å². The molecule has 0 saturated heterocycles. The molecule has 1 fully saturated rings. The van der Waals surface area contributed by atoms with E-state index >= 15 is 0 Å². The highest BCUT2D eigenvalue weighted by Gasteiger charge is 2.33. The third-order valence-corrected chi connectivity index (χ3v) is 4.44. The van der Waals surface area contributed by atoms with Crippen molar-refractivity contribution in [2.75, 3.05) is 7.11 Å². The Kier molecular flexibility index (Phi) is 4.86. The van der Waals surface area contributed by atoms with Gasteiger partial charge in [0.2, 0.25) is 0 Å². The second-order valence-corrected chi connectivity index (χ2v) is 5.68. The van der Waals surface area contributed by atoms with E-state index < -0.39 is 0 Å². The minimum Gasteiger partial charge on any atom is -0.493 e. The van der Waals surface area contributed by atoms with Crippen molar-refractivity contribution in [1.29, 1.82) is 0 Å². The zero-order chi connectivity index (χ0) is 13.8. The fourth-order valence-electron chi connectivity index (χ4n) is 3.27. The van der Waals surface area contributed by atoms with Gasteiger partial charge in [-0.3, -0.25) is 4.68 Å². The maximum atomic E-state index is 6.38. The molecular formula is C15H27N3O. The van der Waals surface area contributed by atoms with Crippen LogP contribution in [0.2, 0.25) is 0 Å². The molecule has 2 rings (SSSR count). The van der Waals surface area contributed by atoms with Gasteiger partial charge in [-0.15, -0.1) is 0 Å². The topological polar surface area (TPSA) is 53.1 Å². The van der Waals surface area contributed by atoms with Crippen molar-refractivity contribution < 1.29 is 4.74 Å². The molecule has 0 aliphatic heterocycles. The third kappa shape index (κ3) is 2.94. The third-order valence-electron chi connectivity index (χ3n) is 4.44. The van der Waals surface area contributed by atoms with E-state index in [9.17, 15) is 0 Å². The molecule has 4 heteroatoms. The summed E-state index contributed by atoms with van der Waals surface area (Å²) in [7, 11) is 1.72. The largest absolute Gasteiger partial charge is 0.493 e. The quantitative estimate of drug-likeness (QED) is 0.890. The maximum absolute atomic E-state index is 6.38. The molecule has 1 heterocycles. The van der Waals surface area contributed by atoms with E-state index in [0.29, 0.717) is 5.92 Å². The number of hydrogen-bond acceptors (Lipinski definition) is 3. The number of nitrogens with zero attached hydrogens (tertiary/aromatic N) is 2. The lowest BCUT2D eigenvalue weighted by Crippen LogP contribution is -2.36. The van der Waals surface area contributed by atoms with Gasteiger partial charge in [0.25, 0.3) is 0 Å². The van der Waals surface area contributed by atoms with Crippen LogP contribution >= 0.6 is 0 Å². The second kappa shape index (κ2) is 6.42. The summed E-state index contributed by atoms with van der Waals surface area (Å²) in [6, 6.07) is 0.240. The molecule has 1 aromatic heterocycles. The summed E-state index contributed by atoms with van der Waals surface area (Å²) >= 11 is 0. The van der Waals surface area contributed by atoms with E-state index in [1.165, 1.54) is 25.0 Å². The highest BCUT2D eigenvalue weighted by atomic mass is 16.5. The number of aromatic nitrogens is 2. The summed E-state index contributed by atoms with van der Waals surface area (Å²) in [6.07, 6.45) is 7.71. The second-order valence-electron chi connectivity index (χ2n) is 5.68. The summed E-state index contributed by atoms with van der Waals surface area (Å²) in [5.74, 6) is 2.09. The van der Waals surface area contributed by atoms with Crippen LogP contribution in [0.25, 0.3) is 0 Å². The average Bonchev–Trinajstić information content (AvgIpc) is 2.82. The predicted molar refractivity (Wildman–Crippen MR) is 77.4 cm³/mol. The fraction of sp³-hybridized carbons (Fsp3) is 0.800. The molecule has 2 N–H and O–H groups in total. The lowest BCUT2D eigenvalue weighted by atomic mass is 9.75. The molecule has 4 nitrogen and oxygen atoms in total. The fourth-order valence-corrected chi connectivity index (χ4v) is 3.27. The Labute approximate surface area is 116 Å². The normalized spacial score (nSPS) is 27.5. The molecule has 1 aliphatic rings. The van der Waals surface area contributed by atoms with Gasteiger partial charge in [0, 0.05) is 18.5 Å². The summed E-state index contributed by atoms with van der Waals surface area (Å²) in [4.78, 5) is 0. The molecule has 19 heavy (non-hydrogen) atoms. The first kappa shape index (κ1) is 14.4. The standard InChI is InChI=1S/C15H27N3O/c1-4-8-18-15(14(19-3)10-17-18)12-9-11(5-2)6-7-13(12)16/h10-13H,4-9,16H2,1-3H3. The van der Waals surface area contributed by atoms with Gasteiger partial charge in [-0.25, -0.2) is 0 Å². The molecule has 0 radical (unpaired) electrons. The number of aryl methyl sites for hydroxylation is 1. The summed E-state index contributed by atoms with van der Waals surface area (Å²) < 4.78 is 7.60. The summed E-state index contributed by atoms with van der Waals surface area (Å²) in [6.45, 7) is 5.39. The van der Waals surface area contributed by atoms with Crippen molar-refractivity contribution >= 4 is 0 Å². The lowest BCUT2D eigenvalue weighted by Gasteiger charge is -2.34. The van der Waals surface area contributed by atoms with Crippen molar-refractivity contribution in [1.82, 2.24) is 9.78 Å². The van der Waals surface area contributed by atoms with Crippen molar-refractivity contribution in [2.45, 2.75) is 64.5 Å². The number of rotatable bonds is 5. The van der Waals surface area contributed by atoms with Gasteiger partial charge in [0.05, 0.1) is 19.0 Å². The smallest absolute Gasteiger partial charge is 0.160 e. The van der Waals surface area contributed by atoms with Gasteiger partial charge < -0.3 is 10.5 Å². The number of hydrogen-bond donors (Lipinski definition) is 1. The Balaban J connectivity index is 2.29. The zero-order valence-corrected chi connectivity index (χ0v) is 12.4. The van der Waals surface area contributed by atoms with Gasteiger partial charge in [-0.05, 0) is 31.6 Å². The average molecular weight is 265 g/mol. The molecule has 108 valence electrons. The molecule has 1 aliphatic carbocycles. The molecule has 0 amide bonds. The van der Waals surface area contributed by atoms with Crippen molar-refractivity contribution in [3.63, 3.8) is 0 Å². The highest BCUT2D eigenvalue weighted by Crippen LogP contribution is 2.40. The van der Waals surface area contributed by atoms with Crippen LogP contribution in [0.3, 0.4) is 0 Å². The van der Waals surface area contributed by atoms with Crippen molar-refractivity contribution in [3.05, 3.63) is 11.9 Å². The molecule has 0 aromatic carbocycles.